The van der Waals surface area contributed by atoms with E-state index in [1.54, 1.807) is 0 Å². The van der Waals surface area contributed by atoms with E-state index in [1.807, 2.05) is 5.32 Å². The summed E-state index contributed by atoms with van der Waals surface area (Å²) in [6.45, 7) is 0.284. The van der Waals surface area contributed by atoms with Crippen LogP contribution in [0.4, 0.5) is 9.18 Å². The van der Waals surface area contributed by atoms with Crippen molar-refractivity contribution in [3.05, 3.63) is 0 Å². The molecule has 1 saturated heterocycles. The molecule has 0 aromatic rings. The molecule has 0 unspecified atom stereocenters. The van der Waals surface area contributed by atoms with Crippen LogP contribution in [0.2, 0.25) is 0 Å². The van der Waals surface area contributed by atoms with Gasteiger partial charge in [0.25, 0.3) is 0 Å². The highest BCUT2D eigenvalue weighted by Gasteiger charge is 2.46. The predicted molar refractivity (Wildman–Crippen MR) is 50.9 cm³/mol. The number of amides is 1. The molecule has 92 valence electrons. The minimum atomic E-state index is -1.99. The normalized spacial score (nSPS) is 20.9. The molecular weight excluding hydrogens is 221 g/mol. The van der Waals surface area contributed by atoms with E-state index in [2.05, 4.69) is 4.74 Å². The number of aliphatic carboxylic acids is 1. The molecule has 16 heavy (non-hydrogen) atoms. The number of hydrogen-bond acceptors (Lipinski definition) is 4. The van der Waals surface area contributed by atoms with Gasteiger partial charge in [0, 0.05) is 26.1 Å². The predicted octanol–water partition coefficient (Wildman–Crippen LogP) is 0.314. The van der Waals surface area contributed by atoms with Crippen molar-refractivity contribution >= 4 is 12.1 Å². The quantitative estimate of drug-likeness (QED) is 0.735. The van der Waals surface area contributed by atoms with Gasteiger partial charge in [-0.05, 0) is 0 Å². The van der Waals surface area contributed by atoms with Crippen LogP contribution in [0.15, 0.2) is 0 Å². The minimum Gasteiger partial charge on any atom is -0.480 e. The molecule has 6 nitrogen and oxygen atoms in total. The fourth-order valence-corrected chi connectivity index (χ4v) is 1.59. The Balaban J connectivity index is 2.75. The highest BCUT2D eigenvalue weighted by molar-refractivity contribution is 5.81. The van der Waals surface area contributed by atoms with Crippen molar-refractivity contribution in [1.82, 2.24) is 5.32 Å². The van der Waals surface area contributed by atoms with E-state index in [4.69, 9.17) is 9.84 Å². The highest BCUT2D eigenvalue weighted by Crippen LogP contribution is 2.29. The summed E-state index contributed by atoms with van der Waals surface area (Å²) >= 11 is 0. The molecule has 0 aliphatic carbocycles. The van der Waals surface area contributed by atoms with Crippen molar-refractivity contribution < 1.29 is 28.6 Å². The number of nitrogens with one attached hydrogen (secondary N) is 1. The number of carboxylic acid groups (broad SMARTS) is 1. The standard InChI is InChI=1S/C9H14FNO5/c1-15-8(14)11-6(7(12)13)9(10)2-4-16-5-3-9/h6H,2-5H2,1H3,(H,11,14)(H,12,13)/t6-/m1/s1. The molecule has 0 saturated carbocycles. The van der Waals surface area contributed by atoms with Gasteiger partial charge in [-0.2, -0.15) is 0 Å². The molecule has 0 aromatic carbocycles. The first-order valence-corrected chi connectivity index (χ1v) is 4.83. The van der Waals surface area contributed by atoms with Gasteiger partial charge >= 0.3 is 12.1 Å². The summed E-state index contributed by atoms with van der Waals surface area (Å²) in [6, 6.07) is -1.61. The molecule has 1 heterocycles. The van der Waals surface area contributed by atoms with Crippen LogP contribution in [-0.2, 0) is 14.3 Å². The van der Waals surface area contributed by atoms with Gasteiger partial charge in [0.1, 0.15) is 5.67 Å². The molecule has 0 aromatic heterocycles. The molecule has 0 bridgehead atoms. The lowest BCUT2D eigenvalue weighted by atomic mass is 9.88. The topological polar surface area (TPSA) is 84.9 Å². The summed E-state index contributed by atoms with van der Waals surface area (Å²) in [7, 11) is 1.09. The van der Waals surface area contributed by atoms with E-state index in [-0.39, 0.29) is 26.1 Å². The molecule has 1 atom stereocenters. The van der Waals surface area contributed by atoms with Gasteiger partial charge in [-0.25, -0.2) is 14.0 Å². The SMILES string of the molecule is COC(=O)N[C@H](C(=O)O)C1(F)CCOCC1. The van der Waals surface area contributed by atoms with E-state index in [9.17, 15) is 14.0 Å². The van der Waals surface area contributed by atoms with Gasteiger partial charge in [0.2, 0.25) is 0 Å². The monoisotopic (exact) mass is 235 g/mol. The summed E-state index contributed by atoms with van der Waals surface area (Å²) in [5.41, 5.74) is -1.99. The van der Waals surface area contributed by atoms with Crippen LogP contribution in [0.3, 0.4) is 0 Å². The molecule has 1 amide bonds. The minimum absolute atomic E-state index is 0.0615. The first-order chi connectivity index (χ1) is 7.49. The number of ether oxygens (including phenoxy) is 2. The van der Waals surface area contributed by atoms with Crippen LogP contribution in [0.25, 0.3) is 0 Å². The summed E-state index contributed by atoms with van der Waals surface area (Å²) < 4.78 is 23.5. The molecule has 7 heteroatoms. The number of hydrogen-bond donors (Lipinski definition) is 2. The second-order valence-electron chi connectivity index (χ2n) is 3.55. The Bertz CT molecular complexity index is 277. The fourth-order valence-electron chi connectivity index (χ4n) is 1.59. The molecule has 2 N–H and O–H groups in total. The van der Waals surface area contributed by atoms with Crippen LogP contribution >= 0.6 is 0 Å². The van der Waals surface area contributed by atoms with Crippen molar-refractivity contribution in [1.29, 1.82) is 0 Å². The van der Waals surface area contributed by atoms with Gasteiger partial charge in [0.05, 0.1) is 7.11 Å². The van der Waals surface area contributed by atoms with Gasteiger partial charge < -0.3 is 19.9 Å². The van der Waals surface area contributed by atoms with Crippen molar-refractivity contribution in [2.75, 3.05) is 20.3 Å². The molecule has 0 spiro atoms. The zero-order valence-electron chi connectivity index (χ0n) is 8.86. The third-order valence-electron chi connectivity index (χ3n) is 2.54. The summed E-state index contributed by atoms with van der Waals surface area (Å²) in [5.74, 6) is -1.42. The Morgan fingerprint density at radius 2 is 2.06 bits per heavy atom. The van der Waals surface area contributed by atoms with Crippen molar-refractivity contribution in [3.63, 3.8) is 0 Å². The summed E-state index contributed by atoms with van der Waals surface area (Å²) in [4.78, 5) is 21.8. The Kier molecular flexibility index (Phi) is 4.05. The summed E-state index contributed by atoms with van der Waals surface area (Å²) in [6.07, 6.45) is -1.09. The molecule has 1 aliphatic rings. The van der Waals surface area contributed by atoms with Gasteiger partial charge in [-0.3, -0.25) is 0 Å². The molecule has 1 aliphatic heterocycles. The number of halogens is 1. The van der Waals surface area contributed by atoms with Gasteiger partial charge in [-0.15, -0.1) is 0 Å². The second-order valence-corrected chi connectivity index (χ2v) is 3.55. The average Bonchev–Trinajstić information content (AvgIpc) is 2.25. The van der Waals surface area contributed by atoms with Crippen LogP contribution in [-0.4, -0.2) is 49.2 Å². The van der Waals surface area contributed by atoms with Crippen LogP contribution < -0.4 is 5.32 Å². The van der Waals surface area contributed by atoms with E-state index in [0.29, 0.717) is 0 Å². The number of methoxy groups -OCH3 is 1. The Morgan fingerprint density at radius 3 is 2.50 bits per heavy atom. The summed E-state index contributed by atoms with van der Waals surface area (Å²) in [5, 5.41) is 10.9. The lowest BCUT2D eigenvalue weighted by Gasteiger charge is -2.34. The first-order valence-electron chi connectivity index (χ1n) is 4.83. The molecule has 1 rings (SSSR count). The third kappa shape index (κ3) is 2.82. The number of carbonyl (C=O) groups is 2. The Hall–Kier alpha value is -1.37. The fraction of sp³-hybridized carbons (Fsp3) is 0.778. The van der Waals surface area contributed by atoms with Crippen molar-refractivity contribution in [2.24, 2.45) is 0 Å². The van der Waals surface area contributed by atoms with E-state index in [0.717, 1.165) is 7.11 Å². The van der Waals surface area contributed by atoms with Crippen molar-refractivity contribution in [3.8, 4) is 0 Å². The number of carbonyl (C=O) groups excluding carboxylic acids is 1. The van der Waals surface area contributed by atoms with Crippen molar-refractivity contribution in [2.45, 2.75) is 24.6 Å². The van der Waals surface area contributed by atoms with Gasteiger partial charge in [0.15, 0.2) is 6.04 Å². The maximum absolute atomic E-state index is 14.3. The Labute approximate surface area is 91.7 Å². The number of carboxylic acids is 1. The first kappa shape index (κ1) is 12.7. The van der Waals surface area contributed by atoms with Crippen LogP contribution in [0.5, 0.6) is 0 Å². The lowest BCUT2D eigenvalue weighted by molar-refractivity contribution is -0.146. The average molecular weight is 235 g/mol. The number of rotatable bonds is 3. The highest BCUT2D eigenvalue weighted by atomic mass is 19.1. The lowest BCUT2D eigenvalue weighted by Crippen LogP contribution is -2.56. The number of alkyl halides is 1. The van der Waals surface area contributed by atoms with E-state index in [1.165, 1.54) is 0 Å². The van der Waals surface area contributed by atoms with Gasteiger partial charge in [-0.1, -0.05) is 0 Å². The Morgan fingerprint density at radius 1 is 1.50 bits per heavy atom. The largest absolute Gasteiger partial charge is 0.480 e. The zero-order valence-corrected chi connectivity index (χ0v) is 8.86. The molecule has 1 fully saturated rings. The van der Waals surface area contributed by atoms with E-state index >= 15 is 0 Å². The second kappa shape index (κ2) is 5.11. The van der Waals surface area contributed by atoms with Crippen LogP contribution in [0.1, 0.15) is 12.8 Å². The maximum Gasteiger partial charge on any atom is 0.407 e. The van der Waals surface area contributed by atoms with E-state index < -0.39 is 23.8 Å². The van der Waals surface area contributed by atoms with Crippen LogP contribution in [0, 0.1) is 0 Å². The smallest absolute Gasteiger partial charge is 0.407 e. The number of alkyl carbamates (subject to hydrolysis) is 1. The molecular formula is C9H14FNO5. The third-order valence-corrected chi connectivity index (χ3v) is 2.54. The molecule has 0 radical (unpaired) electrons. The zero-order chi connectivity index (χ0) is 12.2. The maximum atomic E-state index is 14.3.